The SMILES string of the molecule is CCNc1cncc(C(=O)NC2CCC(SCC)C2)n1. The van der Waals surface area contributed by atoms with Crippen LogP contribution >= 0.6 is 11.8 Å². The zero-order chi connectivity index (χ0) is 14.4. The number of aromatic nitrogens is 2. The Balaban J connectivity index is 1.90. The second-order valence-corrected chi connectivity index (χ2v) is 6.46. The fourth-order valence-electron chi connectivity index (χ4n) is 2.46. The molecule has 110 valence electrons. The van der Waals surface area contributed by atoms with Crippen LogP contribution in [-0.2, 0) is 0 Å². The van der Waals surface area contributed by atoms with Crippen LogP contribution in [0.15, 0.2) is 12.4 Å². The van der Waals surface area contributed by atoms with Crippen LogP contribution in [0.5, 0.6) is 0 Å². The third kappa shape index (κ3) is 4.10. The quantitative estimate of drug-likeness (QED) is 0.843. The van der Waals surface area contributed by atoms with E-state index in [2.05, 4.69) is 27.5 Å². The van der Waals surface area contributed by atoms with E-state index in [0.29, 0.717) is 16.8 Å². The van der Waals surface area contributed by atoms with E-state index in [1.807, 2.05) is 18.7 Å². The zero-order valence-electron chi connectivity index (χ0n) is 12.1. The summed E-state index contributed by atoms with van der Waals surface area (Å²) in [4.78, 5) is 20.5. The molecule has 0 spiro atoms. The first-order chi connectivity index (χ1) is 9.72. The van der Waals surface area contributed by atoms with Gasteiger partial charge in [-0.3, -0.25) is 9.78 Å². The van der Waals surface area contributed by atoms with Crippen molar-refractivity contribution in [2.24, 2.45) is 0 Å². The lowest BCUT2D eigenvalue weighted by molar-refractivity contribution is 0.0932. The van der Waals surface area contributed by atoms with Crippen molar-refractivity contribution in [3.05, 3.63) is 18.1 Å². The summed E-state index contributed by atoms with van der Waals surface area (Å²) in [5.74, 6) is 1.66. The van der Waals surface area contributed by atoms with E-state index in [1.165, 1.54) is 12.6 Å². The molecule has 6 heteroatoms. The maximum absolute atomic E-state index is 12.2. The van der Waals surface area contributed by atoms with Gasteiger partial charge in [-0.2, -0.15) is 11.8 Å². The first-order valence-electron chi connectivity index (χ1n) is 7.21. The van der Waals surface area contributed by atoms with Crippen LogP contribution in [0.4, 0.5) is 5.82 Å². The molecule has 2 unspecified atom stereocenters. The number of amides is 1. The molecule has 5 nitrogen and oxygen atoms in total. The van der Waals surface area contributed by atoms with Gasteiger partial charge in [0.2, 0.25) is 0 Å². The van der Waals surface area contributed by atoms with Gasteiger partial charge < -0.3 is 10.6 Å². The topological polar surface area (TPSA) is 66.9 Å². The molecule has 1 heterocycles. The monoisotopic (exact) mass is 294 g/mol. The predicted molar refractivity (Wildman–Crippen MR) is 83.2 cm³/mol. The van der Waals surface area contributed by atoms with E-state index >= 15 is 0 Å². The summed E-state index contributed by atoms with van der Waals surface area (Å²) in [6.07, 6.45) is 6.45. The molecular formula is C14H22N4OS. The molecule has 0 aromatic carbocycles. The molecule has 0 saturated heterocycles. The van der Waals surface area contributed by atoms with Crippen LogP contribution in [-0.4, -0.2) is 39.5 Å². The highest BCUT2D eigenvalue weighted by molar-refractivity contribution is 7.99. The van der Waals surface area contributed by atoms with Gasteiger partial charge in [0.05, 0.1) is 12.4 Å². The number of carbonyl (C=O) groups is 1. The van der Waals surface area contributed by atoms with Crippen LogP contribution in [0.2, 0.25) is 0 Å². The van der Waals surface area contributed by atoms with E-state index in [9.17, 15) is 4.79 Å². The maximum Gasteiger partial charge on any atom is 0.271 e. The molecule has 1 aromatic heterocycles. The number of anilines is 1. The molecular weight excluding hydrogens is 272 g/mol. The highest BCUT2D eigenvalue weighted by Gasteiger charge is 2.26. The lowest BCUT2D eigenvalue weighted by Gasteiger charge is -2.13. The molecule has 0 aliphatic heterocycles. The van der Waals surface area contributed by atoms with Crippen molar-refractivity contribution >= 4 is 23.5 Å². The molecule has 1 aliphatic carbocycles. The molecule has 2 atom stereocenters. The minimum Gasteiger partial charge on any atom is -0.369 e. The lowest BCUT2D eigenvalue weighted by atomic mass is 10.2. The van der Waals surface area contributed by atoms with Crippen molar-refractivity contribution in [2.45, 2.75) is 44.4 Å². The summed E-state index contributed by atoms with van der Waals surface area (Å²) in [5.41, 5.74) is 0.384. The third-order valence-corrected chi connectivity index (χ3v) is 4.58. The largest absolute Gasteiger partial charge is 0.369 e. The minimum atomic E-state index is -0.121. The van der Waals surface area contributed by atoms with Crippen LogP contribution < -0.4 is 10.6 Å². The number of nitrogens with zero attached hydrogens (tertiary/aromatic N) is 2. The summed E-state index contributed by atoms with van der Waals surface area (Å²) < 4.78 is 0. The fraction of sp³-hybridized carbons (Fsp3) is 0.643. The van der Waals surface area contributed by atoms with Gasteiger partial charge in [-0.15, -0.1) is 0 Å². The van der Waals surface area contributed by atoms with Crippen LogP contribution in [0.3, 0.4) is 0 Å². The van der Waals surface area contributed by atoms with Gasteiger partial charge in [0.15, 0.2) is 0 Å². The molecule has 1 saturated carbocycles. The van der Waals surface area contributed by atoms with E-state index in [-0.39, 0.29) is 11.9 Å². The van der Waals surface area contributed by atoms with Crippen molar-refractivity contribution < 1.29 is 4.79 Å². The highest BCUT2D eigenvalue weighted by Crippen LogP contribution is 2.29. The summed E-state index contributed by atoms with van der Waals surface area (Å²) in [5, 5.41) is 6.82. The number of carbonyl (C=O) groups excluding carboxylic acids is 1. The fourth-order valence-corrected chi connectivity index (χ4v) is 3.60. The number of hydrogen-bond acceptors (Lipinski definition) is 5. The highest BCUT2D eigenvalue weighted by atomic mass is 32.2. The Morgan fingerprint density at radius 2 is 2.25 bits per heavy atom. The van der Waals surface area contributed by atoms with Crippen molar-refractivity contribution in [1.82, 2.24) is 15.3 Å². The summed E-state index contributed by atoms with van der Waals surface area (Å²) in [6, 6.07) is 0.274. The molecule has 2 rings (SSSR count). The molecule has 1 aromatic rings. The molecule has 2 N–H and O–H groups in total. The summed E-state index contributed by atoms with van der Waals surface area (Å²) in [6.45, 7) is 4.93. The van der Waals surface area contributed by atoms with Crippen molar-refractivity contribution in [3.8, 4) is 0 Å². The number of thioether (sulfide) groups is 1. The average molecular weight is 294 g/mol. The van der Waals surface area contributed by atoms with E-state index in [0.717, 1.165) is 25.1 Å². The molecule has 1 fully saturated rings. The normalized spacial score (nSPS) is 21.7. The molecule has 1 amide bonds. The Morgan fingerprint density at radius 3 is 3.00 bits per heavy atom. The Morgan fingerprint density at radius 1 is 1.40 bits per heavy atom. The first-order valence-corrected chi connectivity index (χ1v) is 8.26. The van der Waals surface area contributed by atoms with Crippen LogP contribution in [0, 0.1) is 0 Å². The molecule has 20 heavy (non-hydrogen) atoms. The minimum absolute atomic E-state index is 0.121. The first kappa shape index (κ1) is 15.1. The van der Waals surface area contributed by atoms with Crippen LogP contribution in [0.1, 0.15) is 43.6 Å². The average Bonchev–Trinajstić information content (AvgIpc) is 2.87. The third-order valence-electron chi connectivity index (χ3n) is 3.35. The molecule has 0 bridgehead atoms. The number of rotatable bonds is 6. The van der Waals surface area contributed by atoms with E-state index in [4.69, 9.17) is 0 Å². The summed E-state index contributed by atoms with van der Waals surface area (Å²) >= 11 is 1.99. The van der Waals surface area contributed by atoms with Gasteiger partial charge in [0.25, 0.3) is 5.91 Å². The predicted octanol–water partition coefficient (Wildman–Crippen LogP) is 2.31. The van der Waals surface area contributed by atoms with Crippen molar-refractivity contribution in [3.63, 3.8) is 0 Å². The van der Waals surface area contributed by atoms with E-state index < -0.39 is 0 Å². The lowest BCUT2D eigenvalue weighted by Crippen LogP contribution is -2.33. The summed E-state index contributed by atoms with van der Waals surface area (Å²) in [7, 11) is 0. The Labute approximate surface area is 124 Å². The smallest absolute Gasteiger partial charge is 0.271 e. The van der Waals surface area contributed by atoms with Crippen molar-refractivity contribution in [2.75, 3.05) is 17.6 Å². The molecule has 0 radical (unpaired) electrons. The molecule has 1 aliphatic rings. The van der Waals surface area contributed by atoms with Gasteiger partial charge in [-0.05, 0) is 31.9 Å². The Bertz CT molecular complexity index is 455. The second-order valence-electron chi connectivity index (χ2n) is 4.88. The zero-order valence-corrected chi connectivity index (χ0v) is 12.9. The van der Waals surface area contributed by atoms with Crippen LogP contribution in [0.25, 0.3) is 0 Å². The Kier molecular flexibility index (Phi) is 5.64. The van der Waals surface area contributed by atoms with Gasteiger partial charge in [0.1, 0.15) is 11.5 Å². The maximum atomic E-state index is 12.2. The second kappa shape index (κ2) is 7.47. The number of nitrogens with one attached hydrogen (secondary N) is 2. The van der Waals surface area contributed by atoms with Gasteiger partial charge >= 0.3 is 0 Å². The number of hydrogen-bond donors (Lipinski definition) is 2. The van der Waals surface area contributed by atoms with E-state index in [1.54, 1.807) is 6.20 Å². The van der Waals surface area contributed by atoms with Crippen molar-refractivity contribution in [1.29, 1.82) is 0 Å². The standard InChI is InChI=1S/C14H22N4OS/c1-3-16-13-9-15-8-12(18-13)14(19)17-10-5-6-11(7-10)20-4-2/h8-11H,3-7H2,1-2H3,(H,16,18)(H,17,19). The van der Waals surface area contributed by atoms with Gasteiger partial charge in [0, 0.05) is 17.8 Å². The van der Waals surface area contributed by atoms with Gasteiger partial charge in [-0.25, -0.2) is 4.98 Å². The Hall–Kier alpha value is -1.30. The van der Waals surface area contributed by atoms with Gasteiger partial charge in [-0.1, -0.05) is 6.92 Å².